The average Bonchev–Trinajstić information content (AvgIpc) is 2.62. The molecule has 132 valence electrons. The summed E-state index contributed by atoms with van der Waals surface area (Å²) in [5.41, 5.74) is 6.85. The summed E-state index contributed by atoms with van der Waals surface area (Å²) in [6.07, 6.45) is 6.91. The molecule has 1 saturated heterocycles. The van der Waals surface area contributed by atoms with Crippen LogP contribution in [-0.4, -0.2) is 32.9 Å². The Kier molecular flexibility index (Phi) is 4.78. The van der Waals surface area contributed by atoms with Crippen molar-refractivity contribution in [2.45, 2.75) is 38.6 Å². The van der Waals surface area contributed by atoms with Crippen molar-refractivity contribution >= 4 is 17.6 Å². The monoisotopic (exact) mass is 338 g/mol. The Morgan fingerprint density at radius 2 is 1.80 bits per heavy atom. The van der Waals surface area contributed by atoms with Gasteiger partial charge in [-0.1, -0.05) is 37.5 Å². The van der Waals surface area contributed by atoms with E-state index in [9.17, 15) is 0 Å². The molecule has 4 rings (SSSR count). The van der Waals surface area contributed by atoms with E-state index >= 15 is 0 Å². The number of anilines is 3. The molecule has 1 aromatic carbocycles. The molecule has 0 radical (unpaired) electrons. The maximum atomic E-state index is 5.90. The van der Waals surface area contributed by atoms with Gasteiger partial charge in [-0.25, -0.2) is 0 Å². The summed E-state index contributed by atoms with van der Waals surface area (Å²) in [6.45, 7) is 3.05. The summed E-state index contributed by atoms with van der Waals surface area (Å²) >= 11 is 0. The second kappa shape index (κ2) is 7.35. The van der Waals surface area contributed by atoms with E-state index in [1.54, 1.807) is 0 Å². The number of hydrogen-bond donors (Lipinski definition) is 2. The maximum Gasteiger partial charge on any atom is 0.232 e. The van der Waals surface area contributed by atoms with E-state index in [-0.39, 0.29) is 5.95 Å². The average molecular weight is 338 g/mol. The number of hydrogen-bond acceptors (Lipinski definition) is 6. The molecule has 6 nitrogen and oxygen atoms in total. The topological polar surface area (TPSA) is 80.0 Å². The predicted octanol–water partition coefficient (Wildman–Crippen LogP) is 3.21. The second-order valence-electron chi connectivity index (χ2n) is 7.25. The Bertz CT molecular complexity index is 704. The van der Waals surface area contributed by atoms with Crippen LogP contribution in [0.15, 0.2) is 30.3 Å². The number of para-hydroxylation sites is 1. The summed E-state index contributed by atoms with van der Waals surface area (Å²) in [5.74, 6) is 3.32. The molecule has 0 amide bonds. The van der Waals surface area contributed by atoms with E-state index in [1.807, 2.05) is 30.3 Å². The van der Waals surface area contributed by atoms with Gasteiger partial charge in [0, 0.05) is 12.2 Å². The SMILES string of the molecule is Nc1nc(CN2CC[C@H]3CCCC[C@H]3C2)nc(Nc2ccccc2)n1. The highest BCUT2D eigenvalue weighted by Crippen LogP contribution is 2.36. The summed E-state index contributed by atoms with van der Waals surface area (Å²) in [6, 6.07) is 9.89. The summed E-state index contributed by atoms with van der Waals surface area (Å²) in [4.78, 5) is 15.6. The molecule has 1 aromatic heterocycles. The zero-order chi connectivity index (χ0) is 17.1. The lowest BCUT2D eigenvalue weighted by Crippen LogP contribution is -2.41. The minimum Gasteiger partial charge on any atom is -0.368 e. The van der Waals surface area contributed by atoms with Gasteiger partial charge in [0.1, 0.15) is 5.82 Å². The lowest BCUT2D eigenvalue weighted by molar-refractivity contribution is 0.0803. The molecule has 2 aliphatic rings. The molecule has 2 atom stereocenters. The van der Waals surface area contributed by atoms with Gasteiger partial charge in [-0.15, -0.1) is 0 Å². The van der Waals surface area contributed by atoms with Gasteiger partial charge in [0.2, 0.25) is 11.9 Å². The number of rotatable bonds is 4. The molecule has 1 saturated carbocycles. The van der Waals surface area contributed by atoms with Crippen molar-refractivity contribution in [3.05, 3.63) is 36.2 Å². The third-order valence-electron chi connectivity index (χ3n) is 5.47. The van der Waals surface area contributed by atoms with Gasteiger partial charge in [-0.3, -0.25) is 4.90 Å². The molecule has 0 bridgehead atoms. The van der Waals surface area contributed by atoms with Crippen LogP contribution < -0.4 is 11.1 Å². The largest absolute Gasteiger partial charge is 0.368 e. The Morgan fingerprint density at radius 3 is 2.64 bits per heavy atom. The molecule has 0 unspecified atom stereocenters. The first-order valence-corrected chi connectivity index (χ1v) is 9.31. The number of piperidine rings is 1. The van der Waals surface area contributed by atoms with Crippen molar-refractivity contribution in [2.75, 3.05) is 24.1 Å². The van der Waals surface area contributed by atoms with Gasteiger partial charge in [-0.2, -0.15) is 15.0 Å². The number of likely N-dealkylation sites (tertiary alicyclic amines) is 1. The first kappa shape index (κ1) is 16.3. The van der Waals surface area contributed by atoms with E-state index < -0.39 is 0 Å². The molecule has 2 fully saturated rings. The molecule has 1 aliphatic carbocycles. The lowest BCUT2D eigenvalue weighted by Gasteiger charge is -2.41. The van der Waals surface area contributed by atoms with Gasteiger partial charge in [0.15, 0.2) is 0 Å². The Labute approximate surface area is 148 Å². The van der Waals surface area contributed by atoms with E-state index in [4.69, 9.17) is 5.73 Å². The maximum absolute atomic E-state index is 5.90. The Hall–Kier alpha value is -2.21. The Balaban J connectivity index is 1.43. The van der Waals surface area contributed by atoms with Gasteiger partial charge < -0.3 is 11.1 Å². The first-order chi connectivity index (χ1) is 12.3. The molecule has 6 heteroatoms. The normalized spacial score (nSPS) is 23.8. The highest BCUT2D eigenvalue weighted by molar-refractivity contribution is 5.53. The van der Waals surface area contributed by atoms with Crippen LogP contribution in [0.1, 0.15) is 37.9 Å². The minimum absolute atomic E-state index is 0.274. The van der Waals surface area contributed by atoms with E-state index in [0.717, 1.165) is 43.0 Å². The number of nitrogen functional groups attached to an aromatic ring is 1. The highest BCUT2D eigenvalue weighted by Gasteiger charge is 2.31. The quantitative estimate of drug-likeness (QED) is 0.891. The fourth-order valence-corrected chi connectivity index (χ4v) is 4.23. The number of benzene rings is 1. The van der Waals surface area contributed by atoms with Crippen LogP contribution in [0.3, 0.4) is 0 Å². The zero-order valence-corrected chi connectivity index (χ0v) is 14.6. The summed E-state index contributed by atoms with van der Waals surface area (Å²) in [7, 11) is 0. The van der Waals surface area contributed by atoms with Gasteiger partial charge >= 0.3 is 0 Å². The first-order valence-electron chi connectivity index (χ1n) is 9.31. The van der Waals surface area contributed by atoms with Crippen molar-refractivity contribution in [1.29, 1.82) is 0 Å². The third kappa shape index (κ3) is 4.07. The number of aromatic nitrogens is 3. The van der Waals surface area contributed by atoms with E-state index in [2.05, 4.69) is 25.2 Å². The molecular formula is C19H26N6. The van der Waals surface area contributed by atoms with E-state index in [0.29, 0.717) is 5.95 Å². The van der Waals surface area contributed by atoms with Crippen molar-refractivity contribution < 1.29 is 0 Å². The molecule has 25 heavy (non-hydrogen) atoms. The molecular weight excluding hydrogens is 312 g/mol. The lowest BCUT2D eigenvalue weighted by atomic mass is 9.75. The highest BCUT2D eigenvalue weighted by atomic mass is 15.2. The fraction of sp³-hybridized carbons (Fsp3) is 0.526. The zero-order valence-electron chi connectivity index (χ0n) is 14.6. The standard InChI is InChI=1S/C19H26N6/c20-18-22-17(23-19(24-18)21-16-8-2-1-3-9-16)13-25-11-10-14-6-4-5-7-15(14)12-25/h1-3,8-9,14-15H,4-7,10-13H2,(H3,20,21,22,23,24)/t14-,15+/m1/s1. The smallest absolute Gasteiger partial charge is 0.232 e. The van der Waals surface area contributed by atoms with Crippen molar-refractivity contribution in [1.82, 2.24) is 19.9 Å². The van der Waals surface area contributed by atoms with Gasteiger partial charge in [0.05, 0.1) is 6.54 Å². The third-order valence-corrected chi connectivity index (χ3v) is 5.47. The van der Waals surface area contributed by atoms with Crippen LogP contribution in [-0.2, 0) is 6.54 Å². The van der Waals surface area contributed by atoms with Crippen LogP contribution in [0, 0.1) is 11.8 Å². The van der Waals surface area contributed by atoms with Crippen LogP contribution in [0.25, 0.3) is 0 Å². The van der Waals surface area contributed by atoms with Crippen LogP contribution >= 0.6 is 0 Å². The van der Waals surface area contributed by atoms with Crippen molar-refractivity contribution in [2.24, 2.45) is 11.8 Å². The molecule has 1 aliphatic heterocycles. The molecule has 2 heterocycles. The number of fused-ring (bicyclic) bond motifs is 1. The molecule has 0 spiro atoms. The van der Waals surface area contributed by atoms with Gasteiger partial charge in [0.25, 0.3) is 0 Å². The van der Waals surface area contributed by atoms with Crippen LogP contribution in [0.4, 0.5) is 17.6 Å². The van der Waals surface area contributed by atoms with Crippen molar-refractivity contribution in [3.63, 3.8) is 0 Å². The second-order valence-corrected chi connectivity index (χ2v) is 7.25. The molecule has 3 N–H and O–H groups in total. The van der Waals surface area contributed by atoms with Gasteiger partial charge in [-0.05, 0) is 43.4 Å². The number of nitrogens with one attached hydrogen (secondary N) is 1. The van der Waals surface area contributed by atoms with Crippen molar-refractivity contribution in [3.8, 4) is 0 Å². The molecule has 2 aromatic rings. The fourth-order valence-electron chi connectivity index (χ4n) is 4.23. The van der Waals surface area contributed by atoms with E-state index in [1.165, 1.54) is 32.1 Å². The number of nitrogens with zero attached hydrogens (tertiary/aromatic N) is 4. The Morgan fingerprint density at radius 1 is 1.00 bits per heavy atom. The summed E-state index contributed by atoms with van der Waals surface area (Å²) < 4.78 is 0. The minimum atomic E-state index is 0.274. The summed E-state index contributed by atoms with van der Waals surface area (Å²) in [5, 5.41) is 3.21. The van der Waals surface area contributed by atoms with Crippen LogP contribution in [0.2, 0.25) is 0 Å². The predicted molar refractivity (Wildman–Crippen MR) is 99.3 cm³/mol. The number of nitrogens with two attached hydrogens (primary N) is 1. The van der Waals surface area contributed by atoms with Crippen LogP contribution in [0.5, 0.6) is 0 Å².